The first kappa shape index (κ1) is 15.2. The molecular weight excluding hydrogens is 322 g/mol. The van der Waals surface area contributed by atoms with Crippen LogP contribution in [0.5, 0.6) is 11.5 Å². The van der Waals surface area contributed by atoms with Crippen LogP contribution in [0.1, 0.15) is 16.9 Å². The zero-order valence-electron chi connectivity index (χ0n) is 11.9. The lowest BCUT2D eigenvalue weighted by Gasteiger charge is -2.12. The third-order valence-electron chi connectivity index (χ3n) is 3.27. The predicted molar refractivity (Wildman–Crippen MR) is 86.9 cm³/mol. The van der Waals surface area contributed by atoms with Gasteiger partial charge in [-0.1, -0.05) is 17.7 Å². The highest BCUT2D eigenvalue weighted by molar-refractivity contribution is 7.10. The predicted octanol–water partition coefficient (Wildman–Crippen LogP) is 3.42. The second-order valence-corrected chi connectivity index (χ2v) is 6.43. The van der Waals surface area contributed by atoms with Gasteiger partial charge in [0.1, 0.15) is 0 Å². The Kier molecular flexibility index (Phi) is 4.85. The average Bonchev–Trinajstić information content (AvgIpc) is 2.88. The molecule has 1 amide bonds. The van der Waals surface area contributed by atoms with Crippen LogP contribution in [0.2, 0.25) is 5.02 Å². The molecule has 0 radical (unpaired) electrons. The van der Waals surface area contributed by atoms with Gasteiger partial charge in [-0.25, -0.2) is 0 Å². The second-order valence-electron chi connectivity index (χ2n) is 4.99. The van der Waals surface area contributed by atoms with Crippen molar-refractivity contribution in [1.82, 2.24) is 5.32 Å². The van der Waals surface area contributed by atoms with Crippen LogP contribution in [-0.4, -0.2) is 19.1 Å². The van der Waals surface area contributed by atoms with E-state index in [9.17, 15) is 4.79 Å². The Balaban J connectivity index is 1.64. The minimum atomic E-state index is -0.00863. The van der Waals surface area contributed by atoms with Crippen LogP contribution in [-0.2, 0) is 17.8 Å². The van der Waals surface area contributed by atoms with E-state index in [1.54, 1.807) is 17.4 Å². The minimum Gasteiger partial charge on any atom is -0.489 e. The smallest absolute Gasteiger partial charge is 0.225 e. The summed E-state index contributed by atoms with van der Waals surface area (Å²) in [7, 11) is 0. The van der Waals surface area contributed by atoms with Gasteiger partial charge in [0.05, 0.1) is 24.7 Å². The molecule has 1 aromatic heterocycles. The lowest BCUT2D eigenvalue weighted by Crippen LogP contribution is -2.24. The minimum absolute atomic E-state index is 0.00863. The first-order valence-corrected chi connectivity index (χ1v) is 8.35. The van der Waals surface area contributed by atoms with Gasteiger partial charge in [0.2, 0.25) is 5.91 Å². The van der Waals surface area contributed by atoms with Gasteiger partial charge < -0.3 is 14.8 Å². The molecule has 0 bridgehead atoms. The summed E-state index contributed by atoms with van der Waals surface area (Å²) in [5.41, 5.74) is 0.897. The summed E-state index contributed by atoms with van der Waals surface area (Å²) in [5, 5.41) is 5.38. The number of hydrogen-bond donors (Lipinski definition) is 1. The Morgan fingerprint density at radius 1 is 1.32 bits per heavy atom. The summed E-state index contributed by atoms with van der Waals surface area (Å²) in [6, 6.07) is 7.57. The third-order valence-corrected chi connectivity index (χ3v) is 4.42. The lowest BCUT2D eigenvalue weighted by molar-refractivity contribution is -0.120. The van der Waals surface area contributed by atoms with Crippen molar-refractivity contribution in [2.45, 2.75) is 19.4 Å². The molecule has 2 heterocycles. The summed E-state index contributed by atoms with van der Waals surface area (Å²) >= 11 is 7.81. The van der Waals surface area contributed by atoms with Crippen LogP contribution in [0.15, 0.2) is 29.6 Å². The topological polar surface area (TPSA) is 47.6 Å². The molecule has 0 fully saturated rings. The van der Waals surface area contributed by atoms with Gasteiger partial charge in [0, 0.05) is 17.8 Å². The van der Waals surface area contributed by atoms with Crippen molar-refractivity contribution in [2.75, 3.05) is 13.2 Å². The van der Waals surface area contributed by atoms with E-state index in [-0.39, 0.29) is 5.91 Å². The Morgan fingerprint density at radius 3 is 3.00 bits per heavy atom. The van der Waals surface area contributed by atoms with E-state index in [4.69, 9.17) is 21.1 Å². The summed E-state index contributed by atoms with van der Waals surface area (Å²) in [4.78, 5) is 13.0. The van der Waals surface area contributed by atoms with E-state index in [1.807, 2.05) is 23.6 Å². The number of halogens is 1. The van der Waals surface area contributed by atoms with Crippen molar-refractivity contribution in [2.24, 2.45) is 0 Å². The molecule has 1 aromatic carbocycles. The number of ether oxygens (including phenoxy) is 2. The third kappa shape index (κ3) is 3.72. The van der Waals surface area contributed by atoms with Crippen LogP contribution >= 0.6 is 22.9 Å². The fraction of sp³-hybridized carbons (Fsp3) is 0.312. The maximum atomic E-state index is 11.9. The molecule has 1 aliphatic heterocycles. The van der Waals surface area contributed by atoms with Gasteiger partial charge in [-0.15, -0.1) is 11.3 Å². The zero-order chi connectivity index (χ0) is 15.4. The number of rotatable bonds is 4. The summed E-state index contributed by atoms with van der Waals surface area (Å²) in [6.07, 6.45) is 1.23. The summed E-state index contributed by atoms with van der Waals surface area (Å²) in [5.74, 6) is 1.23. The standard InChI is InChI=1S/C16H16ClNO3S/c17-13-7-11(8-14-16(13)21-5-2-4-20-14)10-18-15(19)9-12-3-1-6-22-12/h1,3,6-8H,2,4-5,9-10H2,(H,18,19). The molecular formula is C16H16ClNO3S. The van der Waals surface area contributed by atoms with E-state index in [2.05, 4.69) is 5.32 Å². The molecule has 1 N–H and O–H groups in total. The van der Waals surface area contributed by atoms with Crippen molar-refractivity contribution in [3.8, 4) is 11.5 Å². The van der Waals surface area contributed by atoms with Gasteiger partial charge in [-0.3, -0.25) is 4.79 Å². The van der Waals surface area contributed by atoms with E-state index >= 15 is 0 Å². The maximum absolute atomic E-state index is 11.9. The number of hydrogen-bond acceptors (Lipinski definition) is 4. The number of fused-ring (bicyclic) bond motifs is 1. The number of carbonyl (C=O) groups is 1. The highest BCUT2D eigenvalue weighted by atomic mass is 35.5. The normalized spacial score (nSPS) is 13.5. The van der Waals surface area contributed by atoms with E-state index in [1.165, 1.54) is 0 Å². The molecule has 4 nitrogen and oxygen atoms in total. The van der Waals surface area contributed by atoms with Gasteiger partial charge in [-0.05, 0) is 29.1 Å². The first-order chi connectivity index (χ1) is 10.7. The van der Waals surface area contributed by atoms with Crippen LogP contribution < -0.4 is 14.8 Å². The molecule has 116 valence electrons. The first-order valence-electron chi connectivity index (χ1n) is 7.09. The Labute approximate surface area is 138 Å². The molecule has 3 rings (SSSR count). The van der Waals surface area contributed by atoms with Crippen LogP contribution in [0.4, 0.5) is 0 Å². The maximum Gasteiger partial charge on any atom is 0.225 e. The highest BCUT2D eigenvalue weighted by Gasteiger charge is 2.16. The summed E-state index contributed by atoms with van der Waals surface area (Å²) < 4.78 is 11.2. The molecule has 0 saturated heterocycles. The fourth-order valence-electron chi connectivity index (χ4n) is 2.22. The molecule has 0 saturated carbocycles. The van der Waals surface area contributed by atoms with Crippen molar-refractivity contribution in [3.63, 3.8) is 0 Å². The fourth-order valence-corrected chi connectivity index (χ4v) is 3.21. The van der Waals surface area contributed by atoms with Crippen molar-refractivity contribution >= 4 is 28.8 Å². The number of amides is 1. The van der Waals surface area contributed by atoms with Crippen molar-refractivity contribution < 1.29 is 14.3 Å². The SMILES string of the molecule is O=C(Cc1cccs1)NCc1cc(Cl)c2c(c1)OCCCO2. The number of nitrogens with one attached hydrogen (secondary N) is 1. The molecule has 1 aliphatic rings. The molecule has 0 unspecified atom stereocenters. The van der Waals surface area contributed by atoms with Crippen LogP contribution in [0.25, 0.3) is 0 Å². The molecule has 2 aromatic rings. The van der Waals surface area contributed by atoms with Gasteiger partial charge in [-0.2, -0.15) is 0 Å². The second kappa shape index (κ2) is 7.03. The summed E-state index contributed by atoms with van der Waals surface area (Å²) in [6.45, 7) is 1.63. The van der Waals surface area contributed by atoms with Gasteiger partial charge >= 0.3 is 0 Å². The number of benzene rings is 1. The van der Waals surface area contributed by atoms with Crippen molar-refractivity contribution in [3.05, 3.63) is 45.1 Å². The van der Waals surface area contributed by atoms with Crippen LogP contribution in [0, 0.1) is 0 Å². The molecule has 22 heavy (non-hydrogen) atoms. The zero-order valence-corrected chi connectivity index (χ0v) is 13.5. The molecule has 6 heteroatoms. The molecule has 0 aliphatic carbocycles. The van der Waals surface area contributed by atoms with E-state index in [0.717, 1.165) is 16.9 Å². The lowest BCUT2D eigenvalue weighted by atomic mass is 10.2. The van der Waals surface area contributed by atoms with Crippen molar-refractivity contribution in [1.29, 1.82) is 0 Å². The Morgan fingerprint density at radius 2 is 2.18 bits per heavy atom. The number of thiophene rings is 1. The van der Waals surface area contributed by atoms with E-state index in [0.29, 0.717) is 42.7 Å². The monoisotopic (exact) mass is 337 g/mol. The van der Waals surface area contributed by atoms with Crippen LogP contribution in [0.3, 0.4) is 0 Å². The molecule has 0 spiro atoms. The highest BCUT2D eigenvalue weighted by Crippen LogP contribution is 2.37. The largest absolute Gasteiger partial charge is 0.489 e. The van der Waals surface area contributed by atoms with Gasteiger partial charge in [0.25, 0.3) is 0 Å². The van der Waals surface area contributed by atoms with Gasteiger partial charge in [0.15, 0.2) is 11.5 Å². The molecule has 0 atom stereocenters. The number of carbonyl (C=O) groups excluding carboxylic acids is 1. The Hall–Kier alpha value is -1.72. The van der Waals surface area contributed by atoms with E-state index < -0.39 is 0 Å². The average molecular weight is 338 g/mol. The Bertz CT molecular complexity index is 658. The quantitative estimate of drug-likeness (QED) is 0.930.